The highest BCUT2D eigenvalue weighted by molar-refractivity contribution is 5.70. The van der Waals surface area contributed by atoms with Gasteiger partial charge in [0.1, 0.15) is 17.3 Å². The SMILES string of the molecule is Cc1nc(-c2nnn(C)c2CNc2cccc(C(C)C)n2)ccc1O[C@H]1CCC[C@H](C(=O)O)C1. The van der Waals surface area contributed by atoms with E-state index in [-0.39, 0.29) is 12.0 Å². The average Bonchev–Trinajstić information content (AvgIpc) is 3.19. The van der Waals surface area contributed by atoms with Gasteiger partial charge in [0.25, 0.3) is 0 Å². The summed E-state index contributed by atoms with van der Waals surface area (Å²) in [5.41, 5.74) is 4.09. The Balaban J connectivity index is 1.48. The average molecular weight is 465 g/mol. The monoisotopic (exact) mass is 464 g/mol. The summed E-state index contributed by atoms with van der Waals surface area (Å²) < 4.78 is 7.88. The number of carboxylic acid groups (broad SMARTS) is 1. The Kier molecular flexibility index (Phi) is 7.09. The van der Waals surface area contributed by atoms with Gasteiger partial charge in [0.2, 0.25) is 0 Å². The Morgan fingerprint density at radius 2 is 2.06 bits per heavy atom. The number of ether oxygens (including phenoxy) is 1. The Labute approximate surface area is 199 Å². The molecule has 9 nitrogen and oxygen atoms in total. The minimum Gasteiger partial charge on any atom is -0.489 e. The van der Waals surface area contributed by atoms with E-state index in [2.05, 4.69) is 34.5 Å². The molecule has 4 rings (SSSR count). The van der Waals surface area contributed by atoms with Crippen LogP contribution >= 0.6 is 0 Å². The predicted molar refractivity (Wildman–Crippen MR) is 129 cm³/mol. The van der Waals surface area contributed by atoms with Gasteiger partial charge in [0, 0.05) is 12.7 Å². The molecule has 1 saturated carbocycles. The zero-order chi connectivity index (χ0) is 24.2. The summed E-state index contributed by atoms with van der Waals surface area (Å²) in [7, 11) is 1.86. The van der Waals surface area contributed by atoms with Crippen molar-refractivity contribution >= 4 is 11.8 Å². The first-order valence-electron chi connectivity index (χ1n) is 11.8. The molecule has 2 atom stereocenters. The molecule has 3 heterocycles. The van der Waals surface area contributed by atoms with Crippen LogP contribution in [0.1, 0.15) is 62.5 Å². The lowest BCUT2D eigenvalue weighted by Crippen LogP contribution is -2.29. The summed E-state index contributed by atoms with van der Waals surface area (Å²) in [6.45, 7) is 6.64. The van der Waals surface area contributed by atoms with Crippen LogP contribution in [0.25, 0.3) is 11.4 Å². The summed E-state index contributed by atoms with van der Waals surface area (Å²) in [5.74, 6) is 0.758. The highest BCUT2D eigenvalue weighted by Crippen LogP contribution is 2.30. The molecule has 0 unspecified atom stereocenters. The molecule has 34 heavy (non-hydrogen) atoms. The van der Waals surface area contributed by atoms with E-state index in [0.717, 1.165) is 35.7 Å². The van der Waals surface area contributed by atoms with E-state index < -0.39 is 5.97 Å². The van der Waals surface area contributed by atoms with E-state index >= 15 is 0 Å². The number of carboxylic acids is 1. The molecule has 0 aromatic carbocycles. The molecule has 1 aliphatic carbocycles. The van der Waals surface area contributed by atoms with Gasteiger partial charge in [-0.3, -0.25) is 4.79 Å². The van der Waals surface area contributed by atoms with Crippen LogP contribution in [0.5, 0.6) is 5.75 Å². The van der Waals surface area contributed by atoms with Gasteiger partial charge in [-0.1, -0.05) is 25.1 Å². The number of carbonyl (C=O) groups is 1. The van der Waals surface area contributed by atoms with Gasteiger partial charge in [-0.15, -0.1) is 5.10 Å². The summed E-state index contributed by atoms with van der Waals surface area (Å²) in [5, 5.41) is 21.2. The Morgan fingerprint density at radius 1 is 1.24 bits per heavy atom. The summed E-state index contributed by atoms with van der Waals surface area (Å²) in [6.07, 6.45) is 2.86. The van der Waals surface area contributed by atoms with Gasteiger partial charge in [-0.25, -0.2) is 14.6 Å². The van der Waals surface area contributed by atoms with E-state index in [1.54, 1.807) is 4.68 Å². The van der Waals surface area contributed by atoms with Crippen LogP contribution in [0.15, 0.2) is 30.3 Å². The quantitative estimate of drug-likeness (QED) is 0.506. The molecule has 1 aliphatic rings. The number of rotatable bonds is 8. The second-order valence-corrected chi connectivity index (χ2v) is 9.19. The van der Waals surface area contributed by atoms with Crippen LogP contribution in [0.3, 0.4) is 0 Å². The van der Waals surface area contributed by atoms with Gasteiger partial charge in [0.15, 0.2) is 0 Å². The van der Waals surface area contributed by atoms with Gasteiger partial charge >= 0.3 is 5.97 Å². The number of anilines is 1. The van der Waals surface area contributed by atoms with Gasteiger partial charge in [-0.05, 0) is 62.8 Å². The molecule has 0 aliphatic heterocycles. The summed E-state index contributed by atoms with van der Waals surface area (Å²) in [6, 6.07) is 9.75. The Hall–Kier alpha value is -3.49. The third-order valence-electron chi connectivity index (χ3n) is 6.29. The van der Waals surface area contributed by atoms with Crippen molar-refractivity contribution in [1.82, 2.24) is 25.0 Å². The van der Waals surface area contributed by atoms with Gasteiger partial charge in [0.05, 0.1) is 35.6 Å². The predicted octanol–water partition coefficient (Wildman–Crippen LogP) is 4.34. The molecule has 9 heteroatoms. The van der Waals surface area contributed by atoms with E-state index in [0.29, 0.717) is 42.4 Å². The first kappa shape index (κ1) is 23.7. The fourth-order valence-electron chi connectivity index (χ4n) is 4.28. The molecule has 0 bridgehead atoms. The van der Waals surface area contributed by atoms with Crippen molar-refractivity contribution in [3.8, 4) is 17.1 Å². The molecule has 1 fully saturated rings. The fraction of sp³-hybridized carbons (Fsp3) is 0.480. The molecule has 0 amide bonds. The van der Waals surface area contributed by atoms with Crippen molar-refractivity contribution in [1.29, 1.82) is 0 Å². The molecular weight excluding hydrogens is 432 g/mol. The zero-order valence-corrected chi connectivity index (χ0v) is 20.2. The number of hydrogen-bond acceptors (Lipinski definition) is 7. The van der Waals surface area contributed by atoms with Crippen LogP contribution in [0, 0.1) is 12.8 Å². The van der Waals surface area contributed by atoms with Crippen LogP contribution in [-0.2, 0) is 18.4 Å². The van der Waals surface area contributed by atoms with Crippen molar-refractivity contribution < 1.29 is 14.6 Å². The summed E-state index contributed by atoms with van der Waals surface area (Å²) in [4.78, 5) is 20.8. The van der Waals surface area contributed by atoms with Crippen LogP contribution in [0.2, 0.25) is 0 Å². The van der Waals surface area contributed by atoms with E-state index in [1.165, 1.54) is 0 Å². The number of aromatic nitrogens is 5. The molecule has 3 aromatic heterocycles. The normalized spacial score (nSPS) is 18.1. The molecule has 180 valence electrons. The Morgan fingerprint density at radius 3 is 2.79 bits per heavy atom. The number of aryl methyl sites for hydroxylation is 2. The first-order chi connectivity index (χ1) is 16.3. The number of nitrogens with one attached hydrogen (secondary N) is 1. The van der Waals surface area contributed by atoms with Crippen molar-refractivity contribution in [2.75, 3.05) is 5.32 Å². The van der Waals surface area contributed by atoms with Crippen LogP contribution < -0.4 is 10.1 Å². The first-order valence-corrected chi connectivity index (χ1v) is 11.8. The lowest BCUT2D eigenvalue weighted by atomic mass is 9.87. The number of hydrogen-bond donors (Lipinski definition) is 2. The molecule has 2 N–H and O–H groups in total. The van der Waals surface area contributed by atoms with Crippen molar-refractivity contribution in [3.05, 3.63) is 47.4 Å². The van der Waals surface area contributed by atoms with Crippen LogP contribution in [-0.4, -0.2) is 42.1 Å². The minimum atomic E-state index is -0.742. The third kappa shape index (κ3) is 5.35. The van der Waals surface area contributed by atoms with Crippen molar-refractivity contribution in [2.24, 2.45) is 13.0 Å². The van der Waals surface area contributed by atoms with Gasteiger partial charge in [-0.2, -0.15) is 0 Å². The number of aliphatic carboxylic acids is 1. The lowest BCUT2D eigenvalue weighted by Gasteiger charge is -2.27. The molecular formula is C25H32N6O3. The van der Waals surface area contributed by atoms with Crippen molar-refractivity contribution in [2.45, 2.75) is 65.0 Å². The topological polar surface area (TPSA) is 115 Å². The fourth-order valence-corrected chi connectivity index (χ4v) is 4.28. The zero-order valence-electron chi connectivity index (χ0n) is 20.2. The third-order valence-corrected chi connectivity index (χ3v) is 6.29. The molecule has 0 saturated heterocycles. The maximum Gasteiger partial charge on any atom is 0.306 e. The van der Waals surface area contributed by atoms with Crippen LogP contribution in [0.4, 0.5) is 5.82 Å². The highest BCUT2D eigenvalue weighted by atomic mass is 16.5. The smallest absolute Gasteiger partial charge is 0.306 e. The Bertz CT molecular complexity index is 1160. The van der Waals surface area contributed by atoms with E-state index in [4.69, 9.17) is 9.72 Å². The maximum absolute atomic E-state index is 11.4. The second kappa shape index (κ2) is 10.2. The number of nitrogens with zero attached hydrogens (tertiary/aromatic N) is 5. The van der Waals surface area contributed by atoms with E-state index in [1.807, 2.05) is 44.3 Å². The standard InChI is InChI=1S/C25H32N6O3/c1-15(2)19-9-6-10-23(28-19)26-14-21-24(29-30-31(21)4)20-11-12-22(16(3)27-20)34-18-8-5-7-17(13-18)25(32)33/h6,9-12,15,17-18H,5,7-8,13-14H2,1-4H3,(H,26,28)(H,32,33)/t17-,18-/m0/s1. The largest absolute Gasteiger partial charge is 0.489 e. The highest BCUT2D eigenvalue weighted by Gasteiger charge is 2.28. The van der Waals surface area contributed by atoms with Gasteiger partial charge < -0.3 is 15.2 Å². The van der Waals surface area contributed by atoms with E-state index in [9.17, 15) is 9.90 Å². The molecule has 0 spiro atoms. The second-order valence-electron chi connectivity index (χ2n) is 9.19. The van der Waals surface area contributed by atoms with Crippen molar-refractivity contribution in [3.63, 3.8) is 0 Å². The molecule has 3 aromatic rings. The lowest BCUT2D eigenvalue weighted by molar-refractivity contribution is -0.143. The number of pyridine rings is 2. The summed E-state index contributed by atoms with van der Waals surface area (Å²) >= 11 is 0. The maximum atomic E-state index is 11.4. The minimum absolute atomic E-state index is 0.105. The molecule has 0 radical (unpaired) electrons.